The molecule has 1 aromatic carbocycles. The van der Waals surface area contributed by atoms with Gasteiger partial charge in [-0.3, -0.25) is 14.4 Å². The van der Waals surface area contributed by atoms with E-state index in [2.05, 4.69) is 4.98 Å². The normalized spacial score (nSPS) is 21.6. The molecule has 1 aromatic heterocycles. The average molecular weight is 383 g/mol. The first-order chi connectivity index (χ1) is 13.4. The number of nitrogens with one attached hydrogen (secondary N) is 1. The van der Waals surface area contributed by atoms with E-state index in [1.54, 1.807) is 16.8 Å². The number of fused-ring (bicyclic) bond motifs is 1. The number of aromatic amines is 1. The lowest BCUT2D eigenvalue weighted by atomic mass is 9.77. The minimum Gasteiger partial charge on any atom is -0.481 e. The van der Waals surface area contributed by atoms with E-state index in [0.717, 1.165) is 22.9 Å². The van der Waals surface area contributed by atoms with Crippen LogP contribution in [0.15, 0.2) is 24.3 Å². The van der Waals surface area contributed by atoms with Gasteiger partial charge >= 0.3 is 5.97 Å². The number of rotatable bonds is 3. The maximum absolute atomic E-state index is 13.2. The van der Waals surface area contributed by atoms with Gasteiger partial charge in [-0.1, -0.05) is 25.1 Å². The molecule has 2 amide bonds. The minimum absolute atomic E-state index is 0.0434. The van der Waals surface area contributed by atoms with Gasteiger partial charge in [0.05, 0.1) is 11.5 Å². The number of H-pyrrole nitrogens is 1. The molecule has 0 unspecified atom stereocenters. The molecule has 0 radical (unpaired) electrons. The summed E-state index contributed by atoms with van der Waals surface area (Å²) >= 11 is 0. The second-order valence-electron chi connectivity index (χ2n) is 7.82. The van der Waals surface area contributed by atoms with Crippen LogP contribution in [-0.4, -0.2) is 63.4 Å². The lowest BCUT2D eigenvalue weighted by Gasteiger charge is -2.45. The van der Waals surface area contributed by atoms with Gasteiger partial charge in [-0.15, -0.1) is 0 Å². The van der Waals surface area contributed by atoms with Crippen LogP contribution >= 0.6 is 0 Å². The summed E-state index contributed by atoms with van der Waals surface area (Å²) in [6, 6.07) is 7.89. The maximum atomic E-state index is 13.2. The van der Waals surface area contributed by atoms with E-state index in [1.165, 1.54) is 0 Å². The Morgan fingerprint density at radius 3 is 2.57 bits per heavy atom. The van der Waals surface area contributed by atoms with Crippen LogP contribution < -0.4 is 0 Å². The summed E-state index contributed by atoms with van der Waals surface area (Å²) in [4.78, 5) is 43.7. The van der Waals surface area contributed by atoms with Crippen molar-refractivity contribution >= 4 is 28.7 Å². The van der Waals surface area contributed by atoms with Gasteiger partial charge in [-0.25, -0.2) is 0 Å². The molecular formula is C21H25N3O4. The fourth-order valence-electron chi connectivity index (χ4n) is 4.99. The van der Waals surface area contributed by atoms with Gasteiger partial charge in [-0.05, 0) is 30.9 Å². The third-order valence-electron chi connectivity index (χ3n) is 6.67. The number of aryl methyl sites for hydroxylation is 1. The summed E-state index contributed by atoms with van der Waals surface area (Å²) in [6.07, 6.45) is 1.77. The largest absolute Gasteiger partial charge is 0.481 e. The second-order valence-corrected chi connectivity index (χ2v) is 7.82. The van der Waals surface area contributed by atoms with Gasteiger partial charge in [-0.2, -0.15) is 0 Å². The van der Waals surface area contributed by atoms with E-state index in [9.17, 15) is 19.5 Å². The van der Waals surface area contributed by atoms with Crippen molar-refractivity contribution in [3.8, 4) is 0 Å². The van der Waals surface area contributed by atoms with Gasteiger partial charge in [0.1, 0.15) is 5.69 Å². The van der Waals surface area contributed by atoms with E-state index < -0.39 is 17.4 Å². The summed E-state index contributed by atoms with van der Waals surface area (Å²) in [7, 11) is 1.69. The Hall–Kier alpha value is -2.83. The Morgan fingerprint density at radius 2 is 1.93 bits per heavy atom. The molecule has 148 valence electrons. The van der Waals surface area contributed by atoms with Crippen LogP contribution in [0.3, 0.4) is 0 Å². The molecule has 0 saturated carbocycles. The standard InChI is InChI=1S/C21H25N3O4/c1-3-13-14-6-4-5-7-16(14)22-18(13)19(26)24-10-8-21(9-11-24)15(20(27)28)12-17(25)23(21)2/h4-7,15,22H,3,8-12H2,1-2H3,(H,27,28)/t15-/m0/s1. The first kappa shape index (κ1) is 18.5. The highest BCUT2D eigenvalue weighted by Crippen LogP contribution is 2.43. The molecule has 28 heavy (non-hydrogen) atoms. The number of benzene rings is 1. The summed E-state index contributed by atoms with van der Waals surface area (Å²) < 4.78 is 0. The molecule has 1 atom stereocenters. The number of para-hydroxylation sites is 1. The number of aliphatic carboxylic acids is 1. The van der Waals surface area contributed by atoms with Gasteiger partial charge in [0.2, 0.25) is 5.91 Å². The predicted octanol–water partition coefficient (Wildman–Crippen LogP) is 2.27. The Balaban J connectivity index is 1.58. The SMILES string of the molecule is CCc1c(C(=O)N2CCC3(CC2)[C@H](C(=O)O)CC(=O)N3C)[nH]c2ccccc12. The van der Waals surface area contributed by atoms with E-state index in [4.69, 9.17) is 0 Å². The lowest BCUT2D eigenvalue weighted by molar-refractivity contribution is -0.145. The molecule has 2 N–H and O–H groups in total. The average Bonchev–Trinajstić information content (AvgIpc) is 3.19. The van der Waals surface area contributed by atoms with Crippen molar-refractivity contribution in [2.45, 2.75) is 38.1 Å². The quantitative estimate of drug-likeness (QED) is 0.850. The molecule has 0 bridgehead atoms. The number of carbonyl (C=O) groups is 3. The zero-order chi connectivity index (χ0) is 20.1. The molecule has 2 aliphatic heterocycles. The van der Waals surface area contributed by atoms with E-state index in [0.29, 0.717) is 31.6 Å². The Morgan fingerprint density at radius 1 is 1.25 bits per heavy atom. The molecule has 4 rings (SSSR count). The second kappa shape index (κ2) is 6.65. The van der Waals surface area contributed by atoms with Gasteiger partial charge in [0.15, 0.2) is 0 Å². The van der Waals surface area contributed by atoms with Crippen LogP contribution in [0.4, 0.5) is 0 Å². The highest BCUT2D eigenvalue weighted by Gasteiger charge is 2.55. The monoisotopic (exact) mass is 383 g/mol. The van der Waals surface area contributed by atoms with E-state index in [1.807, 2.05) is 31.2 Å². The first-order valence-electron chi connectivity index (χ1n) is 9.77. The number of amides is 2. The van der Waals surface area contributed by atoms with Crippen molar-refractivity contribution in [1.29, 1.82) is 0 Å². The molecule has 7 nitrogen and oxygen atoms in total. The van der Waals surface area contributed by atoms with Crippen molar-refractivity contribution in [2.75, 3.05) is 20.1 Å². The molecule has 2 fully saturated rings. The molecule has 3 heterocycles. The minimum atomic E-state index is -0.929. The molecule has 2 saturated heterocycles. The third kappa shape index (κ3) is 2.60. The Labute approximate surface area is 163 Å². The lowest BCUT2D eigenvalue weighted by Crippen LogP contribution is -2.57. The topological polar surface area (TPSA) is 93.7 Å². The van der Waals surface area contributed by atoms with Crippen LogP contribution in [0, 0.1) is 5.92 Å². The van der Waals surface area contributed by atoms with E-state index >= 15 is 0 Å². The highest BCUT2D eigenvalue weighted by molar-refractivity contribution is 6.01. The zero-order valence-corrected chi connectivity index (χ0v) is 16.2. The van der Waals surface area contributed by atoms with Crippen molar-refractivity contribution in [3.05, 3.63) is 35.5 Å². The fraction of sp³-hybridized carbons (Fsp3) is 0.476. The summed E-state index contributed by atoms with van der Waals surface area (Å²) in [5.74, 6) is -1.82. The van der Waals surface area contributed by atoms with Crippen LogP contribution in [0.25, 0.3) is 10.9 Å². The number of nitrogens with zero attached hydrogens (tertiary/aromatic N) is 2. The number of carboxylic acid groups (broad SMARTS) is 1. The Bertz CT molecular complexity index is 956. The van der Waals surface area contributed by atoms with Crippen LogP contribution in [0.2, 0.25) is 0 Å². The zero-order valence-electron chi connectivity index (χ0n) is 16.2. The van der Waals surface area contributed by atoms with Crippen molar-refractivity contribution < 1.29 is 19.5 Å². The number of carbonyl (C=O) groups excluding carboxylic acids is 2. The van der Waals surface area contributed by atoms with Crippen molar-refractivity contribution in [3.63, 3.8) is 0 Å². The first-order valence-corrected chi connectivity index (χ1v) is 9.77. The number of likely N-dealkylation sites (tertiary alicyclic amines) is 2. The number of aromatic nitrogens is 1. The number of carboxylic acids is 1. The number of piperidine rings is 1. The summed E-state index contributed by atoms with van der Waals surface area (Å²) in [5, 5.41) is 10.7. The van der Waals surface area contributed by atoms with Crippen LogP contribution in [0.5, 0.6) is 0 Å². The summed E-state index contributed by atoms with van der Waals surface area (Å²) in [5.41, 5.74) is 1.89. The number of hydrogen-bond acceptors (Lipinski definition) is 3. The Kier molecular flexibility index (Phi) is 4.40. The maximum Gasteiger partial charge on any atom is 0.309 e. The smallest absolute Gasteiger partial charge is 0.309 e. The number of hydrogen-bond donors (Lipinski definition) is 2. The summed E-state index contributed by atoms with van der Waals surface area (Å²) in [6.45, 7) is 2.92. The van der Waals surface area contributed by atoms with Gasteiger partial charge in [0.25, 0.3) is 5.91 Å². The molecule has 0 aliphatic carbocycles. The molecular weight excluding hydrogens is 358 g/mol. The van der Waals surface area contributed by atoms with Gasteiger partial charge in [0, 0.05) is 37.5 Å². The fourth-order valence-corrected chi connectivity index (χ4v) is 4.99. The van der Waals surface area contributed by atoms with Crippen LogP contribution in [-0.2, 0) is 16.0 Å². The van der Waals surface area contributed by atoms with E-state index in [-0.39, 0.29) is 18.2 Å². The molecule has 1 spiro atoms. The van der Waals surface area contributed by atoms with Crippen molar-refractivity contribution in [2.24, 2.45) is 5.92 Å². The third-order valence-corrected chi connectivity index (χ3v) is 6.67. The highest BCUT2D eigenvalue weighted by atomic mass is 16.4. The predicted molar refractivity (Wildman–Crippen MR) is 104 cm³/mol. The van der Waals surface area contributed by atoms with Crippen LogP contribution in [0.1, 0.15) is 42.2 Å². The molecule has 2 aromatic rings. The van der Waals surface area contributed by atoms with Crippen molar-refractivity contribution in [1.82, 2.24) is 14.8 Å². The molecule has 7 heteroatoms. The van der Waals surface area contributed by atoms with Gasteiger partial charge < -0.3 is 19.9 Å². The molecule has 2 aliphatic rings.